The molecule has 1 aliphatic carbocycles. The molecule has 1 aromatic carbocycles. The number of aliphatic hydroxyl groups excluding tert-OH is 1. The SMILES string of the molecule is C1CCC(OC2CCCCO2)OC1.OCC(O)(c1ccccc1)C1CCCCC1. The highest BCUT2D eigenvalue weighted by Gasteiger charge is 2.38. The molecule has 1 saturated carbocycles. The minimum Gasteiger partial charge on any atom is -0.393 e. The highest BCUT2D eigenvalue weighted by molar-refractivity contribution is 5.23. The number of benzene rings is 1. The van der Waals surface area contributed by atoms with Crippen LogP contribution in [0.2, 0.25) is 0 Å². The second kappa shape index (κ2) is 12.0. The van der Waals surface area contributed by atoms with Gasteiger partial charge in [0.2, 0.25) is 0 Å². The minimum atomic E-state index is -1.04. The molecule has 0 radical (unpaired) electrons. The third-order valence-electron chi connectivity index (χ3n) is 6.37. The predicted octanol–water partition coefficient (Wildman–Crippen LogP) is 4.50. The molecule has 2 saturated heterocycles. The van der Waals surface area contributed by atoms with Gasteiger partial charge in [0.25, 0.3) is 0 Å². The number of ether oxygens (including phenoxy) is 3. The lowest BCUT2D eigenvalue weighted by Crippen LogP contribution is -2.39. The van der Waals surface area contributed by atoms with Crippen molar-refractivity contribution in [1.82, 2.24) is 0 Å². The minimum absolute atomic E-state index is 0.00292. The van der Waals surface area contributed by atoms with Crippen molar-refractivity contribution in [3.63, 3.8) is 0 Å². The van der Waals surface area contributed by atoms with Gasteiger partial charge >= 0.3 is 0 Å². The first-order valence-corrected chi connectivity index (χ1v) is 11.5. The Labute approximate surface area is 175 Å². The molecule has 4 rings (SSSR count). The summed E-state index contributed by atoms with van der Waals surface area (Å²) >= 11 is 0. The van der Waals surface area contributed by atoms with Crippen LogP contribution in [0.3, 0.4) is 0 Å². The zero-order valence-electron chi connectivity index (χ0n) is 17.6. The normalized spacial score (nSPS) is 28.1. The molecule has 5 nitrogen and oxygen atoms in total. The molecular formula is C24H38O5. The summed E-state index contributed by atoms with van der Waals surface area (Å²) in [7, 11) is 0. The summed E-state index contributed by atoms with van der Waals surface area (Å²) in [6.45, 7) is 1.51. The van der Waals surface area contributed by atoms with E-state index in [0.29, 0.717) is 0 Å². The number of aliphatic hydroxyl groups is 2. The second-order valence-corrected chi connectivity index (χ2v) is 8.51. The summed E-state index contributed by atoms with van der Waals surface area (Å²) in [6.07, 6.45) is 12.5. The van der Waals surface area contributed by atoms with E-state index in [1.165, 1.54) is 44.9 Å². The highest BCUT2D eigenvalue weighted by atomic mass is 16.8. The average Bonchev–Trinajstić information content (AvgIpc) is 2.81. The fourth-order valence-electron chi connectivity index (χ4n) is 4.57. The summed E-state index contributed by atoms with van der Waals surface area (Å²) in [6, 6.07) is 9.58. The summed E-state index contributed by atoms with van der Waals surface area (Å²) in [4.78, 5) is 0. The molecule has 3 fully saturated rings. The van der Waals surface area contributed by atoms with Crippen LogP contribution in [0, 0.1) is 5.92 Å². The first-order valence-electron chi connectivity index (χ1n) is 11.5. The van der Waals surface area contributed by atoms with Gasteiger partial charge in [-0.05, 0) is 62.8 Å². The largest absolute Gasteiger partial charge is 0.393 e. The topological polar surface area (TPSA) is 68.2 Å². The Morgan fingerprint density at radius 1 is 0.793 bits per heavy atom. The van der Waals surface area contributed by atoms with Gasteiger partial charge in [-0.1, -0.05) is 49.6 Å². The molecule has 2 aliphatic heterocycles. The number of hydrogen-bond donors (Lipinski definition) is 2. The van der Waals surface area contributed by atoms with Crippen molar-refractivity contribution in [3.05, 3.63) is 35.9 Å². The van der Waals surface area contributed by atoms with Crippen LogP contribution in [-0.2, 0) is 19.8 Å². The Hall–Kier alpha value is -0.980. The molecule has 0 bridgehead atoms. The summed E-state index contributed by atoms with van der Waals surface area (Å²) in [5.41, 5.74) is -0.189. The van der Waals surface area contributed by atoms with Crippen LogP contribution >= 0.6 is 0 Å². The van der Waals surface area contributed by atoms with E-state index in [4.69, 9.17) is 14.2 Å². The first kappa shape index (κ1) is 22.7. The monoisotopic (exact) mass is 406 g/mol. The van der Waals surface area contributed by atoms with Crippen LogP contribution < -0.4 is 0 Å². The molecule has 3 unspecified atom stereocenters. The van der Waals surface area contributed by atoms with Gasteiger partial charge in [0.05, 0.1) is 6.61 Å². The standard InChI is InChI=1S/C14H20O2.C10H18O3/c15-11-14(16,12-7-3-1-4-8-12)13-9-5-2-6-10-13;1-3-7-11-9(5-1)13-10-6-2-4-8-12-10/h1,3-4,7-8,13,15-16H,2,5-6,9-11H2;9-10H,1-8H2. The van der Waals surface area contributed by atoms with Gasteiger partial charge in [-0.3, -0.25) is 0 Å². The summed E-state index contributed by atoms with van der Waals surface area (Å²) < 4.78 is 16.6. The number of rotatable bonds is 5. The van der Waals surface area contributed by atoms with Crippen molar-refractivity contribution in [2.75, 3.05) is 19.8 Å². The van der Waals surface area contributed by atoms with E-state index < -0.39 is 5.60 Å². The summed E-state index contributed by atoms with van der Waals surface area (Å²) in [5.74, 6) is 0.202. The average molecular weight is 407 g/mol. The van der Waals surface area contributed by atoms with E-state index in [2.05, 4.69) is 0 Å². The molecule has 3 aliphatic rings. The Morgan fingerprint density at radius 2 is 1.34 bits per heavy atom. The maximum Gasteiger partial charge on any atom is 0.160 e. The van der Waals surface area contributed by atoms with Crippen LogP contribution in [0.25, 0.3) is 0 Å². The summed E-state index contributed by atoms with van der Waals surface area (Å²) in [5, 5.41) is 20.2. The second-order valence-electron chi connectivity index (χ2n) is 8.51. The fourth-order valence-corrected chi connectivity index (χ4v) is 4.57. The van der Waals surface area contributed by atoms with Crippen LogP contribution in [0.5, 0.6) is 0 Å². The molecule has 164 valence electrons. The van der Waals surface area contributed by atoms with Crippen molar-refractivity contribution in [2.24, 2.45) is 5.92 Å². The van der Waals surface area contributed by atoms with Crippen LogP contribution in [-0.4, -0.2) is 42.6 Å². The Bertz CT molecular complexity index is 532. The van der Waals surface area contributed by atoms with E-state index in [9.17, 15) is 10.2 Å². The zero-order valence-corrected chi connectivity index (χ0v) is 17.6. The van der Waals surface area contributed by atoms with E-state index in [1.54, 1.807) is 0 Å². The lowest BCUT2D eigenvalue weighted by Gasteiger charge is -2.37. The molecule has 29 heavy (non-hydrogen) atoms. The van der Waals surface area contributed by atoms with E-state index in [1.807, 2.05) is 30.3 Å². The van der Waals surface area contributed by atoms with Crippen LogP contribution in [0.15, 0.2) is 30.3 Å². The third-order valence-corrected chi connectivity index (χ3v) is 6.37. The van der Waals surface area contributed by atoms with Gasteiger partial charge in [-0.2, -0.15) is 0 Å². The highest BCUT2D eigenvalue weighted by Crippen LogP contribution is 2.38. The lowest BCUT2D eigenvalue weighted by atomic mass is 9.74. The lowest BCUT2D eigenvalue weighted by molar-refractivity contribution is -0.264. The van der Waals surface area contributed by atoms with Gasteiger partial charge in [0.1, 0.15) is 5.60 Å². The quantitative estimate of drug-likeness (QED) is 0.753. The van der Waals surface area contributed by atoms with E-state index >= 15 is 0 Å². The van der Waals surface area contributed by atoms with Gasteiger partial charge in [-0.25, -0.2) is 0 Å². The maximum absolute atomic E-state index is 10.7. The van der Waals surface area contributed by atoms with Crippen molar-refractivity contribution < 1.29 is 24.4 Å². The molecule has 2 N–H and O–H groups in total. The van der Waals surface area contributed by atoms with Crippen LogP contribution in [0.1, 0.15) is 76.2 Å². The molecule has 3 atom stereocenters. The van der Waals surface area contributed by atoms with Crippen molar-refractivity contribution >= 4 is 0 Å². The molecule has 2 heterocycles. The van der Waals surface area contributed by atoms with Crippen molar-refractivity contribution in [2.45, 2.75) is 88.8 Å². The van der Waals surface area contributed by atoms with Gasteiger partial charge < -0.3 is 24.4 Å². The van der Waals surface area contributed by atoms with Crippen molar-refractivity contribution in [3.8, 4) is 0 Å². The Kier molecular flexibility index (Phi) is 9.40. The molecular weight excluding hydrogens is 368 g/mol. The van der Waals surface area contributed by atoms with Crippen molar-refractivity contribution in [1.29, 1.82) is 0 Å². The van der Waals surface area contributed by atoms with Gasteiger partial charge in [0.15, 0.2) is 12.6 Å². The van der Waals surface area contributed by atoms with Gasteiger partial charge in [0, 0.05) is 13.2 Å². The van der Waals surface area contributed by atoms with E-state index in [0.717, 1.165) is 44.5 Å². The van der Waals surface area contributed by atoms with E-state index in [-0.39, 0.29) is 25.1 Å². The third kappa shape index (κ3) is 6.76. The Morgan fingerprint density at radius 3 is 1.83 bits per heavy atom. The molecule has 5 heteroatoms. The number of hydrogen-bond acceptors (Lipinski definition) is 5. The molecule has 0 amide bonds. The smallest absolute Gasteiger partial charge is 0.160 e. The molecule has 0 spiro atoms. The predicted molar refractivity (Wildman–Crippen MR) is 112 cm³/mol. The molecule has 0 aromatic heterocycles. The fraction of sp³-hybridized carbons (Fsp3) is 0.750. The first-order chi connectivity index (χ1) is 14.2. The van der Waals surface area contributed by atoms with Gasteiger partial charge in [-0.15, -0.1) is 0 Å². The van der Waals surface area contributed by atoms with Crippen LogP contribution in [0.4, 0.5) is 0 Å². The maximum atomic E-state index is 10.7. The zero-order chi connectivity index (χ0) is 20.4. The Balaban J connectivity index is 0.000000169. The molecule has 1 aromatic rings.